The Labute approximate surface area is 226 Å². The lowest BCUT2D eigenvalue weighted by atomic mass is 10.1. The van der Waals surface area contributed by atoms with Crippen LogP contribution in [-0.2, 0) is 6.54 Å². The molecule has 3 aromatic carbocycles. The van der Waals surface area contributed by atoms with Crippen molar-refractivity contribution in [2.24, 2.45) is 0 Å². The number of hydrogen-bond acceptors (Lipinski definition) is 8. The molecule has 2 heterocycles. The Bertz CT molecular complexity index is 1530. The average Bonchev–Trinajstić information content (AvgIpc) is 2.97. The summed E-state index contributed by atoms with van der Waals surface area (Å²) in [6, 6.07) is 20.1. The lowest BCUT2D eigenvalue weighted by Crippen LogP contribution is -2.49. The minimum absolute atomic E-state index is 0.235. The van der Waals surface area contributed by atoms with Crippen LogP contribution in [0.3, 0.4) is 0 Å². The summed E-state index contributed by atoms with van der Waals surface area (Å²) in [5.41, 5.74) is 1.81. The Morgan fingerprint density at radius 2 is 1.59 bits per heavy atom. The Balaban J connectivity index is 1.32. The number of nitrogens with zero attached hydrogens (tertiary/aromatic N) is 2. The normalized spacial score (nSPS) is 13.8. The van der Waals surface area contributed by atoms with Crippen LogP contribution in [0, 0.1) is 0 Å². The van der Waals surface area contributed by atoms with E-state index < -0.39 is 6.09 Å². The van der Waals surface area contributed by atoms with Crippen molar-refractivity contribution >= 4 is 17.1 Å². The second-order valence-electron chi connectivity index (χ2n) is 9.14. The van der Waals surface area contributed by atoms with Crippen LogP contribution in [0.1, 0.15) is 5.56 Å². The predicted molar refractivity (Wildman–Crippen MR) is 147 cm³/mol. The van der Waals surface area contributed by atoms with Gasteiger partial charge in [0.15, 0.2) is 16.9 Å². The number of amides is 1. The molecule has 1 amide bonds. The Morgan fingerprint density at radius 1 is 0.846 bits per heavy atom. The molecule has 0 atom stereocenters. The largest absolute Gasteiger partial charge is 0.493 e. The van der Waals surface area contributed by atoms with Gasteiger partial charge >= 0.3 is 6.09 Å². The molecule has 0 radical (unpaired) electrons. The number of ether oxygens (including phenoxy) is 4. The second-order valence-corrected chi connectivity index (χ2v) is 9.14. The van der Waals surface area contributed by atoms with E-state index in [1.165, 1.54) is 33.0 Å². The Kier molecular flexibility index (Phi) is 7.69. The van der Waals surface area contributed by atoms with E-state index in [-0.39, 0.29) is 22.1 Å². The Morgan fingerprint density at radius 3 is 2.28 bits per heavy atom. The van der Waals surface area contributed by atoms with Crippen LogP contribution < -0.4 is 24.4 Å². The van der Waals surface area contributed by atoms with Crippen molar-refractivity contribution in [1.82, 2.24) is 9.80 Å². The van der Waals surface area contributed by atoms with E-state index in [1.807, 2.05) is 18.2 Å². The van der Waals surface area contributed by atoms with E-state index in [4.69, 9.17) is 23.4 Å². The van der Waals surface area contributed by atoms with Crippen LogP contribution in [0.5, 0.6) is 23.0 Å². The molecule has 0 aliphatic carbocycles. The summed E-state index contributed by atoms with van der Waals surface area (Å²) in [6.45, 7) is 3.55. The zero-order valence-corrected chi connectivity index (χ0v) is 22.1. The number of carbonyl (C=O) groups is 1. The van der Waals surface area contributed by atoms with Gasteiger partial charge in [-0.25, -0.2) is 4.79 Å². The molecule has 202 valence electrons. The molecule has 9 nitrogen and oxygen atoms in total. The van der Waals surface area contributed by atoms with Gasteiger partial charge in [0.1, 0.15) is 22.5 Å². The highest BCUT2D eigenvalue weighted by molar-refractivity contribution is 5.90. The van der Waals surface area contributed by atoms with Crippen molar-refractivity contribution in [2.45, 2.75) is 6.54 Å². The van der Waals surface area contributed by atoms with Gasteiger partial charge in [0.2, 0.25) is 5.75 Å². The summed E-state index contributed by atoms with van der Waals surface area (Å²) in [4.78, 5) is 30.0. The van der Waals surface area contributed by atoms with Crippen molar-refractivity contribution in [2.75, 3.05) is 47.5 Å². The smallest absolute Gasteiger partial charge is 0.415 e. The fourth-order valence-electron chi connectivity index (χ4n) is 4.74. The summed E-state index contributed by atoms with van der Waals surface area (Å²) < 4.78 is 28.0. The van der Waals surface area contributed by atoms with Gasteiger partial charge in [0.25, 0.3) is 0 Å². The van der Waals surface area contributed by atoms with Crippen LogP contribution >= 0.6 is 0 Å². The van der Waals surface area contributed by atoms with E-state index in [0.29, 0.717) is 41.7 Å². The topological polar surface area (TPSA) is 90.7 Å². The molecule has 4 aromatic rings. The number of methoxy groups -OCH3 is 3. The fraction of sp³-hybridized carbons (Fsp3) is 0.267. The summed E-state index contributed by atoms with van der Waals surface area (Å²) in [6.07, 6.45) is -0.409. The van der Waals surface area contributed by atoms with Gasteiger partial charge in [-0.2, -0.15) is 0 Å². The summed E-state index contributed by atoms with van der Waals surface area (Å²) >= 11 is 0. The first kappa shape index (κ1) is 26.1. The maximum Gasteiger partial charge on any atom is 0.415 e. The number of hydrogen-bond donors (Lipinski definition) is 0. The van der Waals surface area contributed by atoms with Crippen LogP contribution in [0.2, 0.25) is 0 Å². The molecule has 39 heavy (non-hydrogen) atoms. The van der Waals surface area contributed by atoms with E-state index in [0.717, 1.165) is 19.6 Å². The zero-order valence-electron chi connectivity index (χ0n) is 22.1. The summed E-state index contributed by atoms with van der Waals surface area (Å²) in [7, 11) is 4.41. The first-order chi connectivity index (χ1) is 19.0. The average molecular weight is 531 g/mol. The molecular formula is C30H30N2O7. The zero-order chi connectivity index (χ0) is 27.4. The van der Waals surface area contributed by atoms with Crippen molar-refractivity contribution in [3.8, 4) is 34.3 Å². The maximum atomic E-state index is 13.1. The number of rotatable bonds is 7. The molecule has 1 saturated heterocycles. The first-order valence-corrected chi connectivity index (χ1v) is 12.6. The minimum Gasteiger partial charge on any atom is -0.493 e. The van der Waals surface area contributed by atoms with Gasteiger partial charge in [0, 0.05) is 50.4 Å². The third kappa shape index (κ3) is 5.53. The number of benzene rings is 3. The van der Waals surface area contributed by atoms with Gasteiger partial charge in [-0.3, -0.25) is 9.69 Å². The molecule has 1 aromatic heterocycles. The van der Waals surface area contributed by atoms with E-state index in [2.05, 4.69) is 17.0 Å². The summed E-state index contributed by atoms with van der Waals surface area (Å²) in [5.74, 6) is 1.58. The molecule has 0 N–H and O–H groups in total. The third-order valence-corrected chi connectivity index (χ3v) is 6.73. The van der Waals surface area contributed by atoms with Gasteiger partial charge in [-0.05, 0) is 17.7 Å². The fourth-order valence-corrected chi connectivity index (χ4v) is 4.74. The molecule has 0 bridgehead atoms. The molecule has 0 saturated carbocycles. The predicted octanol–water partition coefficient (Wildman–Crippen LogP) is 4.80. The van der Waals surface area contributed by atoms with E-state index in [9.17, 15) is 9.59 Å². The van der Waals surface area contributed by atoms with Crippen LogP contribution in [0.25, 0.3) is 22.3 Å². The molecular weight excluding hydrogens is 500 g/mol. The molecule has 1 aliphatic heterocycles. The summed E-state index contributed by atoms with van der Waals surface area (Å²) in [5, 5.41) is 0.243. The van der Waals surface area contributed by atoms with Crippen LogP contribution in [-0.4, -0.2) is 63.4 Å². The molecule has 9 heteroatoms. The highest BCUT2D eigenvalue weighted by Crippen LogP contribution is 2.42. The molecule has 1 aliphatic rings. The van der Waals surface area contributed by atoms with Crippen molar-refractivity contribution in [3.05, 3.63) is 82.5 Å². The second kappa shape index (κ2) is 11.5. The van der Waals surface area contributed by atoms with Gasteiger partial charge in [-0.1, -0.05) is 42.5 Å². The number of carbonyl (C=O) groups excluding carboxylic acids is 1. The van der Waals surface area contributed by atoms with Crippen LogP contribution in [0.15, 0.2) is 75.9 Å². The monoisotopic (exact) mass is 530 g/mol. The minimum atomic E-state index is -0.409. The molecule has 5 rings (SSSR count). The van der Waals surface area contributed by atoms with Crippen molar-refractivity contribution in [1.29, 1.82) is 0 Å². The van der Waals surface area contributed by atoms with Crippen molar-refractivity contribution in [3.63, 3.8) is 0 Å². The first-order valence-electron chi connectivity index (χ1n) is 12.6. The third-order valence-electron chi connectivity index (χ3n) is 6.73. The number of fused-ring (bicyclic) bond motifs is 1. The van der Waals surface area contributed by atoms with E-state index >= 15 is 0 Å². The quantitative estimate of drug-likeness (QED) is 0.337. The van der Waals surface area contributed by atoms with Gasteiger partial charge in [0.05, 0.1) is 21.3 Å². The SMILES string of the molecule is COc1cc2oc(-c3cccc(OC(=O)N4CCN(Cc5ccccc5)CC4)c3)cc(=O)c2c(OC)c1OC. The lowest BCUT2D eigenvalue weighted by Gasteiger charge is -2.34. The maximum absolute atomic E-state index is 13.1. The lowest BCUT2D eigenvalue weighted by molar-refractivity contribution is 0.108. The highest BCUT2D eigenvalue weighted by atomic mass is 16.6. The molecule has 1 fully saturated rings. The molecule has 0 spiro atoms. The standard InChI is InChI=1S/C30H30N2O7/c1-35-26-18-25-27(29(37-3)28(26)36-2)23(33)17-24(39-25)21-10-7-11-22(16-21)38-30(34)32-14-12-31(13-15-32)19-20-8-5-4-6-9-20/h4-11,16-18H,12-15,19H2,1-3H3. The van der Waals surface area contributed by atoms with Crippen LogP contribution in [0.4, 0.5) is 4.79 Å². The highest BCUT2D eigenvalue weighted by Gasteiger charge is 2.24. The molecule has 0 unspecified atom stereocenters. The van der Waals surface area contributed by atoms with Crippen molar-refractivity contribution < 1.29 is 28.2 Å². The number of piperazine rings is 1. The van der Waals surface area contributed by atoms with Gasteiger partial charge in [-0.15, -0.1) is 0 Å². The van der Waals surface area contributed by atoms with Gasteiger partial charge < -0.3 is 28.3 Å². The van der Waals surface area contributed by atoms with E-state index in [1.54, 1.807) is 35.2 Å². The Hall–Kier alpha value is -4.50.